The van der Waals surface area contributed by atoms with Gasteiger partial charge in [-0.15, -0.1) is 0 Å². The molecule has 100 valence electrons. The smallest absolute Gasteiger partial charge is 0.217 e. The maximum Gasteiger partial charge on any atom is 0.217 e. The van der Waals surface area contributed by atoms with E-state index in [4.69, 9.17) is 5.73 Å². The maximum absolute atomic E-state index is 10.7. The molecule has 0 heterocycles. The highest BCUT2D eigenvalue weighted by molar-refractivity contribution is 5.73. The van der Waals surface area contributed by atoms with Crippen molar-refractivity contribution in [2.45, 2.75) is 65.3 Å². The molecule has 2 unspecified atom stereocenters. The lowest BCUT2D eigenvalue weighted by Gasteiger charge is -2.41. The summed E-state index contributed by atoms with van der Waals surface area (Å²) in [4.78, 5) is 10.7. The molecule has 1 aliphatic rings. The van der Waals surface area contributed by atoms with Crippen LogP contribution in [0.4, 0.5) is 0 Å². The number of amides is 1. The van der Waals surface area contributed by atoms with Crippen LogP contribution in [0.3, 0.4) is 0 Å². The Hall–Kier alpha value is -0.570. The van der Waals surface area contributed by atoms with Gasteiger partial charge in [-0.05, 0) is 37.1 Å². The molecule has 2 atom stereocenters. The van der Waals surface area contributed by atoms with Gasteiger partial charge in [0, 0.05) is 12.5 Å². The molecule has 1 amide bonds. The molecule has 1 aliphatic carbocycles. The van der Waals surface area contributed by atoms with E-state index in [1.807, 2.05) is 0 Å². The predicted octanol–water partition coefficient (Wildman–Crippen LogP) is 2.45. The average Bonchev–Trinajstić information content (AvgIpc) is 2.23. The molecule has 3 nitrogen and oxygen atoms in total. The van der Waals surface area contributed by atoms with Crippen molar-refractivity contribution in [1.82, 2.24) is 5.32 Å². The summed E-state index contributed by atoms with van der Waals surface area (Å²) in [5, 5.41) is 3.63. The van der Waals surface area contributed by atoms with E-state index in [0.717, 1.165) is 18.9 Å². The number of primary amides is 1. The summed E-state index contributed by atoms with van der Waals surface area (Å²) >= 11 is 0. The minimum absolute atomic E-state index is 0.192. The van der Waals surface area contributed by atoms with Crippen LogP contribution >= 0.6 is 0 Å². The van der Waals surface area contributed by atoms with Gasteiger partial charge in [0.1, 0.15) is 0 Å². The van der Waals surface area contributed by atoms with Crippen molar-refractivity contribution in [3.05, 3.63) is 0 Å². The SMILES string of the molecule is CC(C)(C)C1CCCCC1NCCCC(N)=O. The molecule has 0 saturated heterocycles. The molecule has 0 aliphatic heterocycles. The van der Waals surface area contributed by atoms with Crippen LogP contribution in [0.5, 0.6) is 0 Å². The van der Waals surface area contributed by atoms with Crippen molar-refractivity contribution in [2.24, 2.45) is 17.1 Å². The van der Waals surface area contributed by atoms with E-state index in [1.165, 1.54) is 25.7 Å². The van der Waals surface area contributed by atoms with Crippen LogP contribution in [0, 0.1) is 11.3 Å². The summed E-state index contributed by atoms with van der Waals surface area (Å²) in [6.45, 7) is 7.92. The summed E-state index contributed by atoms with van der Waals surface area (Å²) < 4.78 is 0. The molecule has 0 spiro atoms. The number of rotatable bonds is 5. The van der Waals surface area contributed by atoms with Gasteiger partial charge >= 0.3 is 0 Å². The van der Waals surface area contributed by atoms with Gasteiger partial charge in [-0.2, -0.15) is 0 Å². The first kappa shape index (κ1) is 14.5. The third-order valence-electron chi connectivity index (χ3n) is 3.88. The second kappa shape index (κ2) is 6.39. The topological polar surface area (TPSA) is 55.1 Å². The van der Waals surface area contributed by atoms with Gasteiger partial charge in [-0.25, -0.2) is 0 Å². The lowest BCUT2D eigenvalue weighted by atomic mass is 9.69. The van der Waals surface area contributed by atoms with Crippen molar-refractivity contribution in [3.63, 3.8) is 0 Å². The van der Waals surface area contributed by atoms with Crippen LogP contribution in [0.1, 0.15) is 59.3 Å². The minimum Gasteiger partial charge on any atom is -0.370 e. The molecule has 1 fully saturated rings. The van der Waals surface area contributed by atoms with Crippen molar-refractivity contribution < 1.29 is 4.79 Å². The first-order chi connectivity index (χ1) is 7.91. The molecule has 1 rings (SSSR count). The van der Waals surface area contributed by atoms with Crippen molar-refractivity contribution in [3.8, 4) is 0 Å². The van der Waals surface area contributed by atoms with Crippen molar-refractivity contribution >= 4 is 5.91 Å². The molecule has 0 aromatic heterocycles. The number of carbonyl (C=O) groups excluding carboxylic acids is 1. The molecule has 1 saturated carbocycles. The Balaban J connectivity index is 2.35. The van der Waals surface area contributed by atoms with Gasteiger partial charge in [0.2, 0.25) is 5.91 Å². The van der Waals surface area contributed by atoms with Crippen LogP contribution in [0.2, 0.25) is 0 Å². The van der Waals surface area contributed by atoms with Crippen LogP contribution < -0.4 is 11.1 Å². The highest BCUT2D eigenvalue weighted by Crippen LogP contribution is 2.37. The molecule has 17 heavy (non-hydrogen) atoms. The third kappa shape index (κ3) is 5.07. The van der Waals surface area contributed by atoms with Gasteiger partial charge in [0.05, 0.1) is 0 Å². The van der Waals surface area contributed by atoms with Crippen LogP contribution in [0.15, 0.2) is 0 Å². The van der Waals surface area contributed by atoms with Crippen molar-refractivity contribution in [1.29, 1.82) is 0 Å². The number of hydrogen-bond donors (Lipinski definition) is 2. The number of nitrogens with one attached hydrogen (secondary N) is 1. The van der Waals surface area contributed by atoms with E-state index < -0.39 is 0 Å². The highest BCUT2D eigenvalue weighted by Gasteiger charge is 2.33. The Morgan fingerprint density at radius 1 is 1.29 bits per heavy atom. The summed E-state index contributed by atoms with van der Waals surface area (Å²) in [6, 6.07) is 0.622. The molecular formula is C14H28N2O. The Bertz CT molecular complexity index is 245. The summed E-state index contributed by atoms with van der Waals surface area (Å²) in [7, 11) is 0. The molecule has 0 aromatic rings. The zero-order chi connectivity index (χ0) is 12.9. The highest BCUT2D eigenvalue weighted by atomic mass is 16.1. The fourth-order valence-corrected chi connectivity index (χ4v) is 2.96. The largest absolute Gasteiger partial charge is 0.370 e. The first-order valence-electron chi connectivity index (χ1n) is 6.93. The standard InChI is InChI=1S/C14H28N2O/c1-14(2,3)11-7-4-5-8-12(11)16-10-6-9-13(15)17/h11-12,16H,4-10H2,1-3H3,(H2,15,17). The second-order valence-corrected chi connectivity index (χ2v) is 6.39. The maximum atomic E-state index is 10.7. The summed E-state index contributed by atoms with van der Waals surface area (Å²) in [5.41, 5.74) is 5.52. The zero-order valence-corrected chi connectivity index (χ0v) is 11.6. The van der Waals surface area contributed by atoms with E-state index in [1.54, 1.807) is 0 Å². The van der Waals surface area contributed by atoms with E-state index in [9.17, 15) is 4.79 Å². The second-order valence-electron chi connectivity index (χ2n) is 6.39. The van der Waals surface area contributed by atoms with Gasteiger partial charge < -0.3 is 11.1 Å². The molecule has 0 bridgehead atoms. The molecule has 3 heteroatoms. The Kier molecular flexibility index (Phi) is 5.44. The quantitative estimate of drug-likeness (QED) is 0.725. The monoisotopic (exact) mass is 240 g/mol. The molecule has 0 aromatic carbocycles. The van der Waals surface area contributed by atoms with Gasteiger partial charge in [-0.3, -0.25) is 4.79 Å². The third-order valence-corrected chi connectivity index (χ3v) is 3.88. The van der Waals surface area contributed by atoms with Crippen molar-refractivity contribution in [2.75, 3.05) is 6.54 Å². The summed E-state index contributed by atoms with van der Waals surface area (Å²) in [5.74, 6) is 0.563. The number of hydrogen-bond acceptors (Lipinski definition) is 2. The molecule has 0 radical (unpaired) electrons. The zero-order valence-electron chi connectivity index (χ0n) is 11.6. The average molecular weight is 240 g/mol. The Morgan fingerprint density at radius 3 is 2.53 bits per heavy atom. The summed E-state index contributed by atoms with van der Waals surface area (Å²) in [6.07, 6.45) is 6.67. The lowest BCUT2D eigenvalue weighted by molar-refractivity contribution is -0.118. The van der Waals surface area contributed by atoms with E-state index in [0.29, 0.717) is 17.9 Å². The lowest BCUT2D eigenvalue weighted by Crippen LogP contribution is -2.44. The molecule has 3 N–H and O–H groups in total. The van der Waals surface area contributed by atoms with E-state index >= 15 is 0 Å². The van der Waals surface area contributed by atoms with Crippen LogP contribution in [0.25, 0.3) is 0 Å². The predicted molar refractivity (Wildman–Crippen MR) is 71.6 cm³/mol. The Morgan fingerprint density at radius 2 is 1.94 bits per heavy atom. The van der Waals surface area contributed by atoms with Crippen LogP contribution in [-0.4, -0.2) is 18.5 Å². The normalized spacial score (nSPS) is 25.8. The van der Waals surface area contributed by atoms with E-state index in [-0.39, 0.29) is 5.91 Å². The number of carbonyl (C=O) groups is 1. The number of nitrogens with two attached hydrogens (primary N) is 1. The minimum atomic E-state index is -0.192. The van der Waals surface area contributed by atoms with E-state index in [2.05, 4.69) is 26.1 Å². The first-order valence-corrected chi connectivity index (χ1v) is 6.93. The van der Waals surface area contributed by atoms with Gasteiger partial charge in [0.25, 0.3) is 0 Å². The molecular weight excluding hydrogens is 212 g/mol. The van der Waals surface area contributed by atoms with Crippen LogP contribution in [-0.2, 0) is 4.79 Å². The van der Waals surface area contributed by atoms with Gasteiger partial charge in [0.15, 0.2) is 0 Å². The Labute approximate surface area is 106 Å². The fourth-order valence-electron chi connectivity index (χ4n) is 2.96. The fraction of sp³-hybridized carbons (Fsp3) is 0.929. The van der Waals surface area contributed by atoms with Gasteiger partial charge in [-0.1, -0.05) is 33.6 Å².